The van der Waals surface area contributed by atoms with Gasteiger partial charge in [-0.3, -0.25) is 9.59 Å². The molecule has 2 amide bonds. The van der Waals surface area contributed by atoms with Crippen LogP contribution >= 0.6 is 0 Å². The Morgan fingerprint density at radius 3 is 2.30 bits per heavy atom. The first-order valence-corrected chi connectivity index (χ1v) is 9.18. The van der Waals surface area contributed by atoms with Crippen LogP contribution in [0.4, 0.5) is 5.69 Å². The van der Waals surface area contributed by atoms with Gasteiger partial charge in [0.1, 0.15) is 5.75 Å². The predicted molar refractivity (Wildman–Crippen MR) is 105 cm³/mol. The summed E-state index contributed by atoms with van der Waals surface area (Å²) in [6.07, 6.45) is 0. The van der Waals surface area contributed by atoms with Crippen molar-refractivity contribution in [2.24, 2.45) is 0 Å². The van der Waals surface area contributed by atoms with E-state index < -0.39 is 0 Å². The standard InChI is InChI=1S/C21H25N3O3/c1-3-23-11-13-24(14-12-23)21(26)17-9-7-16(8-10-17)20(25)22-18-5-4-6-19(15-18)27-2/h4-10,15H,3,11-14H2,1-2H3,(H,22,25). The zero-order valence-electron chi connectivity index (χ0n) is 15.8. The van der Waals surface area contributed by atoms with Gasteiger partial charge in [0, 0.05) is 49.1 Å². The second-order valence-corrected chi connectivity index (χ2v) is 6.49. The molecule has 0 unspecified atom stereocenters. The Balaban J connectivity index is 1.62. The molecule has 0 spiro atoms. The van der Waals surface area contributed by atoms with Gasteiger partial charge in [-0.15, -0.1) is 0 Å². The summed E-state index contributed by atoms with van der Waals surface area (Å²) in [6.45, 7) is 6.44. The molecule has 1 fully saturated rings. The maximum Gasteiger partial charge on any atom is 0.255 e. The highest BCUT2D eigenvalue weighted by atomic mass is 16.5. The molecule has 0 bridgehead atoms. The first-order chi connectivity index (χ1) is 13.1. The molecule has 6 nitrogen and oxygen atoms in total. The molecule has 0 aliphatic carbocycles. The van der Waals surface area contributed by atoms with Gasteiger partial charge in [0.15, 0.2) is 0 Å². The van der Waals surface area contributed by atoms with Crippen molar-refractivity contribution in [1.82, 2.24) is 9.80 Å². The van der Waals surface area contributed by atoms with Gasteiger partial charge in [-0.05, 0) is 42.9 Å². The Kier molecular flexibility index (Phi) is 6.08. The van der Waals surface area contributed by atoms with Crippen LogP contribution in [-0.4, -0.2) is 61.4 Å². The van der Waals surface area contributed by atoms with Gasteiger partial charge in [-0.1, -0.05) is 13.0 Å². The van der Waals surface area contributed by atoms with Crippen LogP contribution < -0.4 is 10.1 Å². The van der Waals surface area contributed by atoms with E-state index in [0.29, 0.717) is 22.6 Å². The molecular weight excluding hydrogens is 342 g/mol. The third-order valence-corrected chi connectivity index (χ3v) is 4.83. The van der Waals surface area contributed by atoms with E-state index in [1.54, 1.807) is 43.5 Å². The smallest absolute Gasteiger partial charge is 0.255 e. The lowest BCUT2D eigenvalue weighted by atomic mass is 10.1. The number of carbonyl (C=O) groups excluding carboxylic acids is 2. The van der Waals surface area contributed by atoms with Crippen LogP contribution in [0.25, 0.3) is 0 Å². The maximum atomic E-state index is 12.6. The largest absolute Gasteiger partial charge is 0.497 e. The number of carbonyl (C=O) groups is 2. The summed E-state index contributed by atoms with van der Waals surface area (Å²) in [7, 11) is 1.58. The monoisotopic (exact) mass is 367 g/mol. The Morgan fingerprint density at radius 1 is 1.00 bits per heavy atom. The van der Waals surface area contributed by atoms with Crippen LogP contribution in [0.2, 0.25) is 0 Å². The highest BCUT2D eigenvalue weighted by Crippen LogP contribution is 2.18. The van der Waals surface area contributed by atoms with Crippen LogP contribution in [0.1, 0.15) is 27.6 Å². The summed E-state index contributed by atoms with van der Waals surface area (Å²) in [6, 6.07) is 14.0. The van der Waals surface area contributed by atoms with Gasteiger partial charge >= 0.3 is 0 Å². The molecule has 1 saturated heterocycles. The van der Waals surface area contributed by atoms with Gasteiger partial charge in [0.25, 0.3) is 11.8 Å². The normalized spacial score (nSPS) is 14.7. The van der Waals surface area contributed by atoms with Crippen molar-refractivity contribution in [2.75, 3.05) is 45.2 Å². The van der Waals surface area contributed by atoms with Crippen LogP contribution in [0.5, 0.6) is 5.75 Å². The number of piperazine rings is 1. The lowest BCUT2D eigenvalue weighted by molar-refractivity contribution is 0.0643. The van der Waals surface area contributed by atoms with Crippen LogP contribution in [0.3, 0.4) is 0 Å². The summed E-state index contributed by atoms with van der Waals surface area (Å²) in [4.78, 5) is 29.2. The fraction of sp³-hybridized carbons (Fsp3) is 0.333. The van der Waals surface area contributed by atoms with Crippen LogP contribution in [0.15, 0.2) is 48.5 Å². The fourth-order valence-electron chi connectivity index (χ4n) is 3.12. The number of hydrogen-bond donors (Lipinski definition) is 1. The van der Waals surface area contributed by atoms with Crippen molar-refractivity contribution in [3.05, 3.63) is 59.7 Å². The molecule has 0 aromatic heterocycles. The van der Waals surface area contributed by atoms with Crippen molar-refractivity contribution < 1.29 is 14.3 Å². The maximum absolute atomic E-state index is 12.6. The second kappa shape index (κ2) is 8.68. The molecule has 0 saturated carbocycles. The van der Waals surface area contributed by atoms with E-state index in [1.165, 1.54) is 0 Å². The molecule has 1 aliphatic rings. The first kappa shape index (κ1) is 18.9. The van der Waals surface area contributed by atoms with Crippen molar-refractivity contribution in [2.45, 2.75) is 6.92 Å². The summed E-state index contributed by atoms with van der Waals surface area (Å²) in [5.74, 6) is 0.473. The number of likely N-dealkylation sites (N-methyl/N-ethyl adjacent to an activating group) is 1. The van der Waals surface area contributed by atoms with Crippen molar-refractivity contribution in [3.63, 3.8) is 0 Å². The van der Waals surface area contributed by atoms with Crippen LogP contribution in [0, 0.1) is 0 Å². The van der Waals surface area contributed by atoms with E-state index in [-0.39, 0.29) is 11.8 Å². The molecule has 1 aliphatic heterocycles. The summed E-state index contributed by atoms with van der Waals surface area (Å²) < 4.78 is 5.16. The first-order valence-electron chi connectivity index (χ1n) is 9.18. The SMILES string of the molecule is CCN1CCN(C(=O)c2ccc(C(=O)Nc3cccc(OC)c3)cc2)CC1. The van der Waals surface area contributed by atoms with E-state index in [2.05, 4.69) is 17.1 Å². The summed E-state index contributed by atoms with van der Waals surface area (Å²) in [5, 5.41) is 2.84. The molecule has 2 aromatic rings. The van der Waals surface area contributed by atoms with Crippen molar-refractivity contribution >= 4 is 17.5 Å². The number of rotatable bonds is 5. The zero-order chi connectivity index (χ0) is 19.2. The molecule has 27 heavy (non-hydrogen) atoms. The highest BCUT2D eigenvalue weighted by Gasteiger charge is 2.21. The molecule has 6 heteroatoms. The summed E-state index contributed by atoms with van der Waals surface area (Å²) in [5.41, 5.74) is 1.77. The average Bonchev–Trinajstić information content (AvgIpc) is 2.73. The quantitative estimate of drug-likeness (QED) is 0.883. The molecule has 0 radical (unpaired) electrons. The number of nitrogens with one attached hydrogen (secondary N) is 1. The third-order valence-electron chi connectivity index (χ3n) is 4.83. The molecule has 0 atom stereocenters. The summed E-state index contributed by atoms with van der Waals surface area (Å²) >= 11 is 0. The average molecular weight is 367 g/mol. The molecule has 1 heterocycles. The highest BCUT2D eigenvalue weighted by molar-refractivity contribution is 6.05. The van der Waals surface area contributed by atoms with Crippen molar-refractivity contribution in [3.8, 4) is 5.75 Å². The van der Waals surface area contributed by atoms with Gasteiger partial charge in [-0.2, -0.15) is 0 Å². The molecule has 1 N–H and O–H groups in total. The number of ether oxygens (including phenoxy) is 1. The molecule has 2 aromatic carbocycles. The van der Waals surface area contributed by atoms with Gasteiger partial charge in [-0.25, -0.2) is 0 Å². The molecular formula is C21H25N3O3. The van der Waals surface area contributed by atoms with E-state index in [1.807, 2.05) is 17.0 Å². The minimum absolute atomic E-state index is 0.0190. The zero-order valence-corrected chi connectivity index (χ0v) is 15.8. The van der Waals surface area contributed by atoms with E-state index in [0.717, 1.165) is 32.7 Å². The van der Waals surface area contributed by atoms with Gasteiger partial charge in [0.05, 0.1) is 7.11 Å². The number of amides is 2. The predicted octanol–water partition coefficient (Wildman–Crippen LogP) is 2.73. The molecule has 3 rings (SSSR count). The van der Waals surface area contributed by atoms with E-state index in [4.69, 9.17) is 4.74 Å². The number of hydrogen-bond acceptors (Lipinski definition) is 4. The minimum atomic E-state index is -0.223. The second-order valence-electron chi connectivity index (χ2n) is 6.49. The number of nitrogens with zero attached hydrogens (tertiary/aromatic N) is 2. The lowest BCUT2D eigenvalue weighted by Gasteiger charge is -2.34. The van der Waals surface area contributed by atoms with Gasteiger partial charge < -0.3 is 19.9 Å². The lowest BCUT2D eigenvalue weighted by Crippen LogP contribution is -2.48. The Morgan fingerprint density at radius 2 is 1.67 bits per heavy atom. The molecule has 142 valence electrons. The Bertz CT molecular complexity index is 797. The topological polar surface area (TPSA) is 61.9 Å². The van der Waals surface area contributed by atoms with E-state index in [9.17, 15) is 9.59 Å². The van der Waals surface area contributed by atoms with Crippen LogP contribution in [-0.2, 0) is 0 Å². The van der Waals surface area contributed by atoms with Gasteiger partial charge in [0.2, 0.25) is 0 Å². The minimum Gasteiger partial charge on any atom is -0.497 e. The third kappa shape index (κ3) is 4.65. The van der Waals surface area contributed by atoms with Crippen molar-refractivity contribution in [1.29, 1.82) is 0 Å². The Hall–Kier alpha value is -2.86. The van der Waals surface area contributed by atoms with E-state index >= 15 is 0 Å². The number of benzene rings is 2. The number of anilines is 1. The fourth-order valence-corrected chi connectivity index (χ4v) is 3.12. The number of methoxy groups -OCH3 is 1. The Labute approximate surface area is 159 Å².